The van der Waals surface area contributed by atoms with Gasteiger partial charge in [-0.25, -0.2) is 0 Å². The highest BCUT2D eigenvalue weighted by Crippen LogP contribution is 2.27. The van der Waals surface area contributed by atoms with Crippen molar-refractivity contribution in [2.45, 2.75) is 51.9 Å². The molecule has 0 amide bonds. The monoisotopic (exact) mass is 481 g/mol. The van der Waals surface area contributed by atoms with E-state index in [1.165, 1.54) is 12.0 Å². The SMILES string of the molecule is CCNC(=NCC(C)(C)c1cccs1)NCCCCCC(=O)OC.I. The molecular formula is C18H32IN3O2S. The predicted molar refractivity (Wildman–Crippen MR) is 117 cm³/mol. The molecule has 0 spiro atoms. The van der Waals surface area contributed by atoms with Crippen LogP contribution in [-0.4, -0.2) is 38.7 Å². The van der Waals surface area contributed by atoms with Crippen LogP contribution in [0, 0.1) is 0 Å². The molecule has 2 N–H and O–H groups in total. The quantitative estimate of drug-likeness (QED) is 0.175. The van der Waals surface area contributed by atoms with Crippen molar-refractivity contribution in [3.63, 3.8) is 0 Å². The zero-order chi connectivity index (χ0) is 17.8. The molecule has 25 heavy (non-hydrogen) atoms. The standard InChI is InChI=1S/C18H31N3O2S.HI/c1-5-19-17(20-12-8-6-7-11-16(22)23-4)21-14-18(2,3)15-10-9-13-24-15;/h9-10,13H,5-8,11-12,14H2,1-4H3,(H2,19,20,21);1H. The van der Waals surface area contributed by atoms with E-state index in [-0.39, 0.29) is 35.4 Å². The lowest BCUT2D eigenvalue weighted by atomic mass is 9.92. The molecule has 1 aromatic rings. The van der Waals surface area contributed by atoms with E-state index in [9.17, 15) is 4.79 Å². The number of nitrogens with zero attached hydrogens (tertiary/aromatic N) is 1. The van der Waals surface area contributed by atoms with E-state index >= 15 is 0 Å². The predicted octanol–water partition coefficient (Wildman–Crippen LogP) is 3.93. The topological polar surface area (TPSA) is 62.7 Å². The zero-order valence-electron chi connectivity index (χ0n) is 15.8. The van der Waals surface area contributed by atoms with Gasteiger partial charge in [-0.2, -0.15) is 0 Å². The van der Waals surface area contributed by atoms with Crippen LogP contribution in [0.3, 0.4) is 0 Å². The summed E-state index contributed by atoms with van der Waals surface area (Å²) in [6, 6.07) is 4.26. The number of methoxy groups -OCH3 is 1. The lowest BCUT2D eigenvalue weighted by Crippen LogP contribution is -2.38. The molecule has 1 aromatic heterocycles. The first-order chi connectivity index (χ1) is 11.5. The van der Waals surface area contributed by atoms with Crippen molar-refractivity contribution in [1.29, 1.82) is 0 Å². The van der Waals surface area contributed by atoms with E-state index in [0.717, 1.165) is 44.9 Å². The van der Waals surface area contributed by atoms with Gasteiger partial charge < -0.3 is 15.4 Å². The summed E-state index contributed by atoms with van der Waals surface area (Å²) in [6.45, 7) is 8.95. The second-order valence-electron chi connectivity index (χ2n) is 6.37. The van der Waals surface area contributed by atoms with Crippen LogP contribution in [0.1, 0.15) is 51.3 Å². The number of carbonyl (C=O) groups is 1. The molecule has 0 bridgehead atoms. The summed E-state index contributed by atoms with van der Waals surface area (Å²) in [5.41, 5.74) is 0.0387. The van der Waals surface area contributed by atoms with Crippen molar-refractivity contribution in [2.75, 3.05) is 26.7 Å². The Bertz CT molecular complexity index is 504. The summed E-state index contributed by atoms with van der Waals surface area (Å²) in [5, 5.41) is 8.76. The third-order valence-electron chi connectivity index (χ3n) is 3.74. The second-order valence-corrected chi connectivity index (χ2v) is 7.32. The first-order valence-corrected chi connectivity index (χ1v) is 9.50. The minimum atomic E-state index is -0.131. The number of unbranched alkanes of at least 4 members (excludes halogenated alkanes) is 2. The van der Waals surface area contributed by atoms with Gasteiger partial charge >= 0.3 is 5.97 Å². The fourth-order valence-corrected chi connectivity index (χ4v) is 3.08. The Balaban J connectivity index is 0.00000576. The summed E-state index contributed by atoms with van der Waals surface area (Å²) in [4.78, 5) is 17.1. The third-order valence-corrected chi connectivity index (χ3v) is 4.98. The fraction of sp³-hybridized carbons (Fsp3) is 0.667. The highest BCUT2D eigenvalue weighted by molar-refractivity contribution is 14.0. The van der Waals surface area contributed by atoms with Crippen molar-refractivity contribution < 1.29 is 9.53 Å². The molecule has 144 valence electrons. The minimum Gasteiger partial charge on any atom is -0.469 e. The highest BCUT2D eigenvalue weighted by atomic mass is 127. The molecule has 1 heterocycles. The lowest BCUT2D eigenvalue weighted by molar-refractivity contribution is -0.140. The van der Waals surface area contributed by atoms with Gasteiger partial charge in [-0.15, -0.1) is 35.3 Å². The fourth-order valence-electron chi connectivity index (χ4n) is 2.24. The van der Waals surface area contributed by atoms with E-state index in [1.54, 1.807) is 11.3 Å². The van der Waals surface area contributed by atoms with Crippen LogP contribution in [0.4, 0.5) is 0 Å². The Morgan fingerprint density at radius 1 is 1.28 bits per heavy atom. The number of halogens is 1. The first kappa shape index (κ1) is 24.2. The van der Waals surface area contributed by atoms with Gasteiger partial charge in [-0.05, 0) is 31.2 Å². The number of hydrogen-bond donors (Lipinski definition) is 2. The van der Waals surface area contributed by atoms with Gasteiger partial charge in [0.15, 0.2) is 5.96 Å². The Hall–Kier alpha value is -0.830. The number of aliphatic imine (C=N–C) groups is 1. The van der Waals surface area contributed by atoms with Crippen LogP contribution in [0.5, 0.6) is 0 Å². The molecule has 0 saturated carbocycles. The Morgan fingerprint density at radius 2 is 2.04 bits per heavy atom. The average molecular weight is 481 g/mol. The molecule has 5 nitrogen and oxygen atoms in total. The molecule has 0 saturated heterocycles. The molecule has 7 heteroatoms. The van der Waals surface area contributed by atoms with Crippen LogP contribution in [0.25, 0.3) is 0 Å². The smallest absolute Gasteiger partial charge is 0.305 e. The molecule has 0 aliphatic rings. The van der Waals surface area contributed by atoms with Gasteiger partial charge in [0.25, 0.3) is 0 Å². The third kappa shape index (κ3) is 10.0. The Kier molecular flexibility index (Phi) is 12.9. The van der Waals surface area contributed by atoms with Crippen molar-refractivity contribution >= 4 is 47.2 Å². The minimum absolute atomic E-state index is 0. The number of nitrogens with one attached hydrogen (secondary N) is 2. The van der Waals surface area contributed by atoms with Gasteiger partial charge in [-0.3, -0.25) is 9.79 Å². The normalized spacial score (nSPS) is 11.6. The maximum Gasteiger partial charge on any atom is 0.305 e. The highest BCUT2D eigenvalue weighted by Gasteiger charge is 2.21. The van der Waals surface area contributed by atoms with E-state index < -0.39 is 0 Å². The summed E-state index contributed by atoms with van der Waals surface area (Å²) in [5.74, 6) is 0.726. The molecule has 0 unspecified atom stereocenters. The van der Waals surface area contributed by atoms with Gasteiger partial charge in [0.2, 0.25) is 0 Å². The lowest BCUT2D eigenvalue weighted by Gasteiger charge is -2.21. The summed E-state index contributed by atoms with van der Waals surface area (Å²) >= 11 is 1.78. The van der Waals surface area contributed by atoms with Crippen molar-refractivity contribution in [3.8, 4) is 0 Å². The number of thiophene rings is 1. The molecule has 1 rings (SSSR count). The van der Waals surface area contributed by atoms with E-state index in [4.69, 9.17) is 4.99 Å². The van der Waals surface area contributed by atoms with Crippen molar-refractivity contribution in [3.05, 3.63) is 22.4 Å². The van der Waals surface area contributed by atoms with Gasteiger partial charge in [-0.1, -0.05) is 26.3 Å². The number of hydrogen-bond acceptors (Lipinski definition) is 4. The molecule has 0 atom stereocenters. The van der Waals surface area contributed by atoms with Crippen LogP contribution in [0.2, 0.25) is 0 Å². The summed E-state index contributed by atoms with van der Waals surface area (Å²) in [7, 11) is 1.43. The van der Waals surface area contributed by atoms with Crippen LogP contribution in [0.15, 0.2) is 22.5 Å². The van der Waals surface area contributed by atoms with Crippen LogP contribution < -0.4 is 10.6 Å². The molecule has 0 fully saturated rings. The van der Waals surface area contributed by atoms with Gasteiger partial charge in [0.05, 0.1) is 13.7 Å². The number of carbonyl (C=O) groups excluding carboxylic acids is 1. The van der Waals surface area contributed by atoms with E-state index in [2.05, 4.69) is 53.7 Å². The Labute approximate surface area is 173 Å². The molecule has 0 aliphatic carbocycles. The van der Waals surface area contributed by atoms with Gasteiger partial charge in [0.1, 0.15) is 0 Å². The molecule has 0 aromatic carbocycles. The number of guanidine groups is 1. The number of ether oxygens (including phenoxy) is 1. The molecular weight excluding hydrogens is 449 g/mol. The van der Waals surface area contributed by atoms with Crippen molar-refractivity contribution in [2.24, 2.45) is 4.99 Å². The maximum atomic E-state index is 11.0. The van der Waals surface area contributed by atoms with Crippen LogP contribution in [-0.2, 0) is 14.9 Å². The van der Waals surface area contributed by atoms with E-state index in [0.29, 0.717) is 6.42 Å². The average Bonchev–Trinajstić information content (AvgIpc) is 3.10. The van der Waals surface area contributed by atoms with E-state index in [1.807, 2.05) is 0 Å². The summed E-state index contributed by atoms with van der Waals surface area (Å²) < 4.78 is 4.64. The maximum absolute atomic E-state index is 11.0. The van der Waals surface area contributed by atoms with Crippen LogP contribution >= 0.6 is 35.3 Å². The number of esters is 1. The molecule has 0 aliphatic heterocycles. The summed E-state index contributed by atoms with van der Waals surface area (Å²) in [6.07, 6.45) is 3.38. The van der Waals surface area contributed by atoms with Crippen molar-refractivity contribution in [1.82, 2.24) is 10.6 Å². The largest absolute Gasteiger partial charge is 0.469 e. The Morgan fingerprint density at radius 3 is 2.64 bits per heavy atom. The first-order valence-electron chi connectivity index (χ1n) is 8.62. The zero-order valence-corrected chi connectivity index (χ0v) is 18.9. The second kappa shape index (κ2) is 13.4. The van der Waals surface area contributed by atoms with Gasteiger partial charge in [0, 0.05) is 29.8 Å². The number of rotatable bonds is 10. The molecule has 0 radical (unpaired) electrons.